The molecular weight excluding hydrogens is 392 g/mol. The zero-order chi connectivity index (χ0) is 21.5. The van der Waals surface area contributed by atoms with E-state index >= 15 is 0 Å². The van der Waals surface area contributed by atoms with Gasteiger partial charge in [0.25, 0.3) is 0 Å². The van der Waals surface area contributed by atoms with Crippen molar-refractivity contribution in [3.8, 4) is 11.5 Å². The van der Waals surface area contributed by atoms with Crippen LogP contribution in [0.5, 0.6) is 11.5 Å². The smallest absolute Gasteiger partial charge is 0.248 e. The van der Waals surface area contributed by atoms with Crippen LogP contribution in [0.25, 0.3) is 21.9 Å². The summed E-state index contributed by atoms with van der Waals surface area (Å²) in [4.78, 5) is 14.3. The van der Waals surface area contributed by atoms with Gasteiger partial charge in [0.2, 0.25) is 5.56 Å². The number of rotatable bonds is 11. The van der Waals surface area contributed by atoms with Crippen LogP contribution in [0.4, 0.5) is 0 Å². The van der Waals surface area contributed by atoms with Crippen molar-refractivity contribution in [1.82, 2.24) is 10.3 Å². The van der Waals surface area contributed by atoms with Crippen LogP contribution in [0.3, 0.4) is 0 Å². The zero-order valence-corrected chi connectivity index (χ0v) is 17.8. The molecule has 2 aromatic carbocycles. The molecule has 2 heterocycles. The van der Waals surface area contributed by atoms with Crippen molar-refractivity contribution >= 4 is 21.9 Å². The minimum atomic E-state index is -0.102. The molecule has 0 aliphatic carbocycles. The maximum absolute atomic E-state index is 11.4. The fourth-order valence-electron chi connectivity index (χ4n) is 3.60. The number of fused-ring (bicyclic) bond motifs is 2. The van der Waals surface area contributed by atoms with Crippen molar-refractivity contribution in [2.75, 3.05) is 19.8 Å². The van der Waals surface area contributed by atoms with Gasteiger partial charge in [0.1, 0.15) is 11.5 Å². The van der Waals surface area contributed by atoms with E-state index in [2.05, 4.69) is 16.4 Å². The Hall–Kier alpha value is -3.25. The number of unbranched alkanes of at least 4 members (excludes halogenated alkanes) is 2. The topological polar surface area (TPSA) is 76.5 Å². The monoisotopic (exact) mass is 420 g/mol. The van der Waals surface area contributed by atoms with Gasteiger partial charge in [-0.2, -0.15) is 0 Å². The first-order valence-corrected chi connectivity index (χ1v) is 10.8. The molecule has 0 fully saturated rings. The fourth-order valence-corrected chi connectivity index (χ4v) is 3.60. The van der Waals surface area contributed by atoms with Gasteiger partial charge in [-0.05, 0) is 68.4 Å². The SMILES string of the molecule is CCOc1cccc2cc(CNCCCCCOc3ccc4ccc(=O)[nH]c4c3)oc12. The predicted octanol–water partition coefficient (Wildman–Crippen LogP) is 5.01. The standard InChI is InChI=1S/C25H28N2O4/c1-2-29-23-8-6-7-19-15-21(31-25(19)23)17-26-13-4-3-5-14-30-20-11-9-18-10-12-24(28)27-22(18)16-20/h6-12,15-16,26H,2-5,13-14,17H2,1H3,(H,27,28). The Morgan fingerprint density at radius 3 is 2.77 bits per heavy atom. The van der Waals surface area contributed by atoms with Crippen LogP contribution in [-0.4, -0.2) is 24.7 Å². The van der Waals surface area contributed by atoms with Crippen molar-refractivity contribution in [2.45, 2.75) is 32.7 Å². The van der Waals surface area contributed by atoms with Crippen molar-refractivity contribution < 1.29 is 13.9 Å². The van der Waals surface area contributed by atoms with Gasteiger partial charge in [0.15, 0.2) is 11.3 Å². The number of aromatic nitrogens is 1. The van der Waals surface area contributed by atoms with E-state index in [0.29, 0.717) is 19.8 Å². The highest BCUT2D eigenvalue weighted by molar-refractivity contribution is 5.83. The Balaban J connectivity index is 1.15. The molecule has 0 unspecified atom stereocenters. The van der Waals surface area contributed by atoms with Crippen LogP contribution in [0.1, 0.15) is 31.9 Å². The third kappa shape index (κ3) is 5.47. The molecule has 0 aliphatic rings. The van der Waals surface area contributed by atoms with Crippen LogP contribution in [0.2, 0.25) is 0 Å². The minimum absolute atomic E-state index is 0.102. The van der Waals surface area contributed by atoms with E-state index < -0.39 is 0 Å². The van der Waals surface area contributed by atoms with E-state index in [9.17, 15) is 4.79 Å². The summed E-state index contributed by atoms with van der Waals surface area (Å²) in [6.07, 6.45) is 3.12. The predicted molar refractivity (Wildman–Crippen MR) is 123 cm³/mol. The second kappa shape index (κ2) is 10.2. The zero-order valence-electron chi connectivity index (χ0n) is 17.8. The third-order valence-electron chi connectivity index (χ3n) is 5.12. The van der Waals surface area contributed by atoms with Gasteiger partial charge in [0, 0.05) is 17.5 Å². The Morgan fingerprint density at radius 2 is 1.87 bits per heavy atom. The Kier molecular flexibility index (Phi) is 6.89. The highest BCUT2D eigenvalue weighted by atomic mass is 16.5. The molecule has 162 valence electrons. The molecule has 0 saturated carbocycles. The number of nitrogens with one attached hydrogen (secondary N) is 2. The van der Waals surface area contributed by atoms with Crippen LogP contribution in [0.15, 0.2) is 63.8 Å². The van der Waals surface area contributed by atoms with E-state index in [1.54, 1.807) is 0 Å². The lowest BCUT2D eigenvalue weighted by molar-refractivity contribution is 0.305. The second-order valence-corrected chi connectivity index (χ2v) is 7.48. The lowest BCUT2D eigenvalue weighted by atomic mass is 10.2. The molecule has 0 saturated heterocycles. The number of benzene rings is 2. The van der Waals surface area contributed by atoms with Crippen molar-refractivity contribution in [2.24, 2.45) is 0 Å². The Labute approximate surface area is 181 Å². The highest BCUT2D eigenvalue weighted by Crippen LogP contribution is 2.28. The molecule has 0 bridgehead atoms. The van der Waals surface area contributed by atoms with Gasteiger partial charge in [-0.3, -0.25) is 4.79 Å². The molecule has 4 aromatic rings. The minimum Gasteiger partial charge on any atom is -0.494 e. The quantitative estimate of drug-likeness (QED) is 0.334. The summed E-state index contributed by atoms with van der Waals surface area (Å²) in [5.74, 6) is 2.49. The van der Waals surface area contributed by atoms with Crippen molar-refractivity contribution in [3.63, 3.8) is 0 Å². The molecule has 0 aliphatic heterocycles. The highest BCUT2D eigenvalue weighted by Gasteiger charge is 2.08. The van der Waals surface area contributed by atoms with Crippen LogP contribution < -0.4 is 20.3 Å². The average molecular weight is 421 g/mol. The summed E-state index contributed by atoms with van der Waals surface area (Å²) >= 11 is 0. The van der Waals surface area contributed by atoms with Crippen LogP contribution in [0, 0.1) is 0 Å². The first-order valence-electron chi connectivity index (χ1n) is 10.8. The summed E-state index contributed by atoms with van der Waals surface area (Å²) in [5.41, 5.74) is 1.51. The molecule has 0 radical (unpaired) electrons. The Morgan fingerprint density at radius 1 is 0.968 bits per heavy atom. The van der Waals surface area contributed by atoms with E-state index in [-0.39, 0.29) is 5.56 Å². The van der Waals surface area contributed by atoms with Crippen molar-refractivity contribution in [1.29, 1.82) is 0 Å². The largest absolute Gasteiger partial charge is 0.494 e. The summed E-state index contributed by atoms with van der Waals surface area (Å²) in [6.45, 7) is 4.88. The first-order chi connectivity index (χ1) is 15.2. The number of hydrogen-bond acceptors (Lipinski definition) is 5. The van der Waals surface area contributed by atoms with E-state index in [0.717, 1.165) is 64.9 Å². The molecule has 2 aromatic heterocycles. The lowest BCUT2D eigenvalue weighted by Gasteiger charge is -2.07. The van der Waals surface area contributed by atoms with E-state index in [1.807, 2.05) is 49.4 Å². The number of H-pyrrole nitrogens is 1. The molecule has 2 N–H and O–H groups in total. The van der Waals surface area contributed by atoms with Crippen LogP contribution >= 0.6 is 0 Å². The summed E-state index contributed by atoms with van der Waals surface area (Å²) in [7, 11) is 0. The number of aromatic amines is 1. The number of hydrogen-bond donors (Lipinski definition) is 2. The number of furan rings is 1. The van der Waals surface area contributed by atoms with Crippen molar-refractivity contribution in [3.05, 3.63) is 70.7 Å². The first kappa shape index (κ1) is 21.0. The fraction of sp³-hybridized carbons (Fsp3) is 0.320. The molecule has 0 amide bonds. The van der Waals surface area contributed by atoms with Gasteiger partial charge in [0.05, 0.1) is 25.3 Å². The summed E-state index contributed by atoms with van der Waals surface area (Å²) in [5, 5.41) is 5.50. The second-order valence-electron chi connectivity index (χ2n) is 7.48. The maximum atomic E-state index is 11.4. The Bertz CT molecular complexity index is 1200. The van der Waals surface area contributed by atoms with E-state index in [4.69, 9.17) is 13.9 Å². The third-order valence-corrected chi connectivity index (χ3v) is 5.12. The summed E-state index contributed by atoms with van der Waals surface area (Å²) in [6, 6.07) is 17.1. The number of para-hydroxylation sites is 1. The number of pyridine rings is 1. The number of ether oxygens (including phenoxy) is 2. The van der Waals surface area contributed by atoms with E-state index in [1.165, 1.54) is 6.07 Å². The van der Waals surface area contributed by atoms with Gasteiger partial charge in [-0.25, -0.2) is 0 Å². The molecule has 6 nitrogen and oxygen atoms in total. The van der Waals surface area contributed by atoms with Gasteiger partial charge in [-0.1, -0.05) is 12.1 Å². The van der Waals surface area contributed by atoms with Gasteiger partial charge in [-0.15, -0.1) is 0 Å². The van der Waals surface area contributed by atoms with Gasteiger partial charge >= 0.3 is 0 Å². The molecular formula is C25H28N2O4. The molecule has 6 heteroatoms. The molecule has 0 spiro atoms. The summed E-state index contributed by atoms with van der Waals surface area (Å²) < 4.78 is 17.4. The molecule has 31 heavy (non-hydrogen) atoms. The lowest BCUT2D eigenvalue weighted by Crippen LogP contribution is -2.14. The normalized spacial score (nSPS) is 11.3. The molecule has 0 atom stereocenters. The average Bonchev–Trinajstić information content (AvgIpc) is 3.19. The van der Waals surface area contributed by atoms with Crippen LogP contribution in [-0.2, 0) is 6.54 Å². The van der Waals surface area contributed by atoms with Gasteiger partial charge < -0.3 is 24.2 Å². The molecule has 4 rings (SSSR count). The maximum Gasteiger partial charge on any atom is 0.248 e.